The lowest BCUT2D eigenvalue weighted by molar-refractivity contribution is 0.102. The Labute approximate surface area is 212 Å². The molecule has 174 valence electrons. The maximum absolute atomic E-state index is 12.8. The first-order valence-corrected chi connectivity index (χ1v) is 11.4. The summed E-state index contributed by atoms with van der Waals surface area (Å²) in [6, 6.07) is 18.0. The molecule has 0 radical (unpaired) electrons. The number of ether oxygens (including phenoxy) is 2. The molecule has 0 fully saturated rings. The van der Waals surface area contributed by atoms with Crippen molar-refractivity contribution in [2.75, 3.05) is 12.4 Å². The van der Waals surface area contributed by atoms with Crippen LogP contribution in [0.5, 0.6) is 11.5 Å². The van der Waals surface area contributed by atoms with Crippen LogP contribution in [0.4, 0.5) is 5.69 Å². The van der Waals surface area contributed by atoms with E-state index in [1.54, 1.807) is 54.5 Å². The van der Waals surface area contributed by atoms with Crippen LogP contribution in [0.15, 0.2) is 73.1 Å². The number of aromatic nitrogens is 2. The quantitative estimate of drug-likeness (QED) is 0.282. The Morgan fingerprint density at radius 3 is 2.50 bits per heavy atom. The van der Waals surface area contributed by atoms with Gasteiger partial charge in [-0.2, -0.15) is 5.10 Å². The molecule has 0 aliphatic heterocycles. The van der Waals surface area contributed by atoms with E-state index in [1.165, 1.54) is 0 Å². The summed E-state index contributed by atoms with van der Waals surface area (Å²) in [5.74, 6) is 0.860. The van der Waals surface area contributed by atoms with Gasteiger partial charge < -0.3 is 14.8 Å². The number of hydrogen-bond donors (Lipinski definition) is 1. The van der Waals surface area contributed by atoms with Gasteiger partial charge in [0, 0.05) is 16.8 Å². The molecule has 6 nitrogen and oxygen atoms in total. The Morgan fingerprint density at radius 1 is 1.00 bits per heavy atom. The number of methoxy groups -OCH3 is 1. The molecule has 34 heavy (non-hydrogen) atoms. The van der Waals surface area contributed by atoms with Gasteiger partial charge in [0.15, 0.2) is 5.75 Å². The molecular weight excluding hydrogens is 497 g/mol. The van der Waals surface area contributed by atoms with Crippen molar-refractivity contribution in [3.63, 3.8) is 0 Å². The van der Waals surface area contributed by atoms with Crippen LogP contribution in [0.3, 0.4) is 0 Å². The van der Waals surface area contributed by atoms with Crippen molar-refractivity contribution >= 4 is 46.4 Å². The summed E-state index contributed by atoms with van der Waals surface area (Å²) < 4.78 is 12.8. The van der Waals surface area contributed by atoms with E-state index in [9.17, 15) is 4.79 Å². The van der Waals surface area contributed by atoms with Crippen LogP contribution in [-0.2, 0) is 13.2 Å². The Hall–Kier alpha value is -3.19. The number of carbonyl (C=O) groups excluding carboxylic acids is 1. The van der Waals surface area contributed by atoms with Gasteiger partial charge in [0.1, 0.15) is 12.4 Å². The zero-order chi connectivity index (χ0) is 24.1. The molecule has 0 unspecified atom stereocenters. The molecule has 0 aliphatic carbocycles. The summed E-state index contributed by atoms with van der Waals surface area (Å²) in [5, 5.41) is 8.25. The number of rotatable bonds is 8. The summed E-state index contributed by atoms with van der Waals surface area (Å²) in [6.07, 6.45) is 3.38. The molecule has 0 aliphatic rings. The van der Waals surface area contributed by atoms with Crippen LogP contribution in [0.25, 0.3) is 0 Å². The summed E-state index contributed by atoms with van der Waals surface area (Å²) in [5.41, 5.74) is 2.89. The molecule has 1 amide bonds. The number of amides is 1. The minimum atomic E-state index is -0.259. The second kappa shape index (κ2) is 10.8. The number of nitrogens with zero attached hydrogens (tertiary/aromatic N) is 2. The maximum Gasteiger partial charge on any atom is 0.255 e. The largest absolute Gasteiger partial charge is 0.497 e. The Kier molecular flexibility index (Phi) is 7.63. The minimum Gasteiger partial charge on any atom is -0.497 e. The maximum atomic E-state index is 12.8. The van der Waals surface area contributed by atoms with Gasteiger partial charge in [0.2, 0.25) is 0 Å². The first kappa shape index (κ1) is 24.0. The molecule has 3 aromatic carbocycles. The second-order valence-corrected chi connectivity index (χ2v) is 8.67. The first-order valence-electron chi connectivity index (χ1n) is 10.2. The van der Waals surface area contributed by atoms with E-state index >= 15 is 0 Å². The number of anilines is 1. The summed E-state index contributed by atoms with van der Waals surface area (Å²) >= 11 is 18.3. The van der Waals surface area contributed by atoms with E-state index in [-0.39, 0.29) is 12.5 Å². The van der Waals surface area contributed by atoms with Gasteiger partial charge in [-0.3, -0.25) is 9.48 Å². The van der Waals surface area contributed by atoms with Gasteiger partial charge in [0.05, 0.1) is 35.6 Å². The van der Waals surface area contributed by atoms with Crippen LogP contribution in [-0.4, -0.2) is 22.8 Å². The lowest BCUT2D eigenvalue weighted by atomic mass is 10.1. The van der Waals surface area contributed by atoms with Gasteiger partial charge >= 0.3 is 0 Å². The predicted octanol–water partition coefficient (Wildman–Crippen LogP) is 6.73. The third kappa shape index (κ3) is 6.03. The van der Waals surface area contributed by atoms with E-state index in [4.69, 9.17) is 44.3 Å². The lowest BCUT2D eigenvalue weighted by Crippen LogP contribution is -2.12. The predicted molar refractivity (Wildman–Crippen MR) is 135 cm³/mol. The zero-order valence-electron chi connectivity index (χ0n) is 18.1. The zero-order valence-corrected chi connectivity index (χ0v) is 20.4. The molecule has 4 aromatic rings. The molecule has 1 aromatic heterocycles. The Bertz CT molecular complexity index is 1300. The molecule has 0 bridgehead atoms. The van der Waals surface area contributed by atoms with Gasteiger partial charge in [-0.25, -0.2) is 0 Å². The van der Waals surface area contributed by atoms with Crippen molar-refractivity contribution in [3.05, 3.63) is 105 Å². The highest BCUT2D eigenvalue weighted by molar-refractivity contribution is 6.40. The number of nitrogens with one attached hydrogen (secondary N) is 1. The van der Waals surface area contributed by atoms with Crippen LogP contribution in [0, 0.1) is 0 Å². The molecule has 0 saturated heterocycles. The van der Waals surface area contributed by atoms with Crippen molar-refractivity contribution in [1.82, 2.24) is 9.78 Å². The van der Waals surface area contributed by atoms with E-state index in [0.717, 1.165) is 16.9 Å². The minimum absolute atomic E-state index is 0.181. The normalized spacial score (nSPS) is 10.7. The van der Waals surface area contributed by atoms with Gasteiger partial charge in [-0.05, 0) is 47.5 Å². The van der Waals surface area contributed by atoms with Gasteiger partial charge in [-0.1, -0.05) is 59.1 Å². The summed E-state index contributed by atoms with van der Waals surface area (Å²) in [6.45, 7) is 0.733. The number of carbonyl (C=O) groups is 1. The van der Waals surface area contributed by atoms with Crippen LogP contribution in [0.1, 0.15) is 21.5 Å². The van der Waals surface area contributed by atoms with Crippen molar-refractivity contribution in [1.29, 1.82) is 0 Å². The van der Waals surface area contributed by atoms with Crippen molar-refractivity contribution in [3.8, 4) is 11.5 Å². The van der Waals surface area contributed by atoms with Crippen molar-refractivity contribution in [2.24, 2.45) is 0 Å². The average Bonchev–Trinajstić information content (AvgIpc) is 3.25. The van der Waals surface area contributed by atoms with E-state index in [2.05, 4.69) is 10.4 Å². The SMILES string of the molecule is COc1cccc(Cn2cc(NC(=O)c3cccc(COc4c(Cl)cc(Cl)cc4Cl)c3)cn2)c1. The molecular formula is C25H20Cl3N3O3. The fraction of sp³-hybridized carbons (Fsp3) is 0.120. The summed E-state index contributed by atoms with van der Waals surface area (Å²) in [4.78, 5) is 12.8. The fourth-order valence-electron chi connectivity index (χ4n) is 3.30. The third-order valence-electron chi connectivity index (χ3n) is 4.91. The van der Waals surface area contributed by atoms with Gasteiger partial charge in [0.25, 0.3) is 5.91 Å². The molecule has 1 N–H and O–H groups in total. The highest BCUT2D eigenvalue weighted by atomic mass is 35.5. The highest BCUT2D eigenvalue weighted by Crippen LogP contribution is 2.36. The third-order valence-corrected chi connectivity index (χ3v) is 5.68. The average molecular weight is 517 g/mol. The smallest absolute Gasteiger partial charge is 0.255 e. The van der Waals surface area contributed by atoms with Crippen molar-refractivity contribution < 1.29 is 14.3 Å². The van der Waals surface area contributed by atoms with E-state index in [0.29, 0.717) is 38.6 Å². The highest BCUT2D eigenvalue weighted by Gasteiger charge is 2.12. The van der Waals surface area contributed by atoms with Crippen LogP contribution in [0.2, 0.25) is 15.1 Å². The number of halogens is 3. The molecule has 1 heterocycles. The molecule has 0 saturated carbocycles. The fourth-order valence-corrected chi connectivity index (χ4v) is 4.23. The lowest BCUT2D eigenvalue weighted by Gasteiger charge is -2.11. The molecule has 0 spiro atoms. The topological polar surface area (TPSA) is 65.4 Å². The Morgan fingerprint density at radius 2 is 1.74 bits per heavy atom. The summed E-state index contributed by atoms with van der Waals surface area (Å²) in [7, 11) is 1.63. The van der Waals surface area contributed by atoms with Crippen LogP contribution < -0.4 is 14.8 Å². The number of benzene rings is 3. The standard InChI is InChI=1S/C25H20Cl3N3O3/c1-33-21-7-3-4-16(9-21)13-31-14-20(12-29-31)30-25(32)18-6-2-5-17(8-18)15-34-24-22(27)10-19(26)11-23(24)28/h2-12,14H,13,15H2,1H3,(H,30,32). The monoisotopic (exact) mass is 515 g/mol. The molecule has 4 rings (SSSR count). The Balaban J connectivity index is 1.39. The molecule has 0 atom stereocenters. The van der Waals surface area contributed by atoms with E-state index in [1.807, 2.05) is 30.3 Å². The molecule has 9 heteroatoms. The second-order valence-electron chi connectivity index (χ2n) is 7.42. The van der Waals surface area contributed by atoms with Crippen LogP contribution >= 0.6 is 34.8 Å². The van der Waals surface area contributed by atoms with Gasteiger partial charge in [-0.15, -0.1) is 0 Å². The first-order chi connectivity index (χ1) is 16.4. The van der Waals surface area contributed by atoms with Crippen molar-refractivity contribution in [2.45, 2.75) is 13.2 Å². The number of hydrogen-bond acceptors (Lipinski definition) is 4. The van der Waals surface area contributed by atoms with E-state index < -0.39 is 0 Å².